The molecule has 4 heteroatoms. The zero-order valence-electron chi connectivity index (χ0n) is 23.5. The van der Waals surface area contributed by atoms with Crippen LogP contribution >= 0.6 is 0 Å². The average Bonchev–Trinajstić information content (AvgIpc) is 2.88. The highest BCUT2D eigenvalue weighted by atomic mass is 16.5. The Labute approximate surface area is 223 Å². The molecule has 4 atom stereocenters. The fourth-order valence-corrected chi connectivity index (χ4v) is 5.03. The van der Waals surface area contributed by atoms with Gasteiger partial charge in [-0.15, -0.1) is 0 Å². The van der Waals surface area contributed by atoms with Gasteiger partial charge in [-0.2, -0.15) is 0 Å². The molecular weight excluding hydrogens is 458 g/mol. The Morgan fingerprint density at radius 3 is 2.05 bits per heavy atom. The summed E-state index contributed by atoms with van der Waals surface area (Å²) in [5, 5.41) is 10.3. The molecule has 3 aromatic carbocycles. The van der Waals surface area contributed by atoms with Gasteiger partial charge in [-0.05, 0) is 81.3 Å². The molecule has 0 saturated heterocycles. The predicted molar refractivity (Wildman–Crippen MR) is 151 cm³/mol. The lowest BCUT2D eigenvalue weighted by atomic mass is 9.96. The maximum absolute atomic E-state index is 13.2. The van der Waals surface area contributed by atoms with Crippen molar-refractivity contribution in [3.63, 3.8) is 0 Å². The summed E-state index contributed by atoms with van der Waals surface area (Å²) in [5.74, 6) is -0.955. The van der Waals surface area contributed by atoms with Crippen LogP contribution in [0.2, 0.25) is 0 Å². The van der Waals surface area contributed by atoms with Gasteiger partial charge in [0, 0.05) is 19.1 Å². The van der Waals surface area contributed by atoms with E-state index in [1.54, 1.807) is 6.92 Å². The summed E-state index contributed by atoms with van der Waals surface area (Å²) in [4.78, 5) is 15.6. The Bertz CT molecular complexity index is 1150. The number of ether oxygens (including phenoxy) is 1. The molecule has 0 radical (unpaired) electrons. The van der Waals surface area contributed by atoms with Crippen molar-refractivity contribution in [1.82, 2.24) is 4.90 Å². The number of aliphatic hydroxyl groups excluding tert-OH is 1. The van der Waals surface area contributed by atoms with Crippen molar-refractivity contribution in [2.75, 3.05) is 0 Å². The zero-order chi connectivity index (χ0) is 27.1. The normalized spacial score (nSPS) is 14.7. The quantitative estimate of drug-likeness (QED) is 0.287. The Hall–Kier alpha value is -2.95. The summed E-state index contributed by atoms with van der Waals surface area (Å²) >= 11 is 0. The Morgan fingerprint density at radius 2 is 1.46 bits per heavy atom. The summed E-state index contributed by atoms with van der Waals surface area (Å²) in [6.45, 7) is 15.9. The third-order valence-electron chi connectivity index (χ3n) is 7.59. The van der Waals surface area contributed by atoms with Gasteiger partial charge in [-0.3, -0.25) is 9.69 Å². The highest BCUT2D eigenvalue weighted by Crippen LogP contribution is 2.31. The van der Waals surface area contributed by atoms with Gasteiger partial charge < -0.3 is 9.84 Å². The minimum absolute atomic E-state index is 0.114. The molecule has 4 nitrogen and oxygen atoms in total. The van der Waals surface area contributed by atoms with Crippen LogP contribution in [0.25, 0.3) is 0 Å². The lowest BCUT2D eigenvalue weighted by Crippen LogP contribution is -2.40. The molecule has 1 N–H and O–H groups in total. The van der Waals surface area contributed by atoms with Crippen LogP contribution in [0.1, 0.15) is 72.2 Å². The van der Waals surface area contributed by atoms with Gasteiger partial charge in [0.25, 0.3) is 0 Å². The maximum atomic E-state index is 13.2. The van der Waals surface area contributed by atoms with Crippen LogP contribution in [0.4, 0.5) is 0 Å². The van der Waals surface area contributed by atoms with Crippen LogP contribution in [-0.2, 0) is 22.6 Å². The first kappa shape index (κ1) is 28.6. The second-order valence-electron chi connectivity index (χ2n) is 10.5. The Balaban J connectivity index is 2.02. The Morgan fingerprint density at radius 1 is 0.865 bits per heavy atom. The summed E-state index contributed by atoms with van der Waals surface area (Å²) in [7, 11) is 0. The van der Waals surface area contributed by atoms with Crippen molar-refractivity contribution in [1.29, 1.82) is 0 Å². The van der Waals surface area contributed by atoms with E-state index in [2.05, 4.69) is 75.9 Å². The number of rotatable bonds is 11. The third-order valence-corrected chi connectivity index (χ3v) is 7.59. The van der Waals surface area contributed by atoms with Gasteiger partial charge in [0.1, 0.15) is 6.10 Å². The van der Waals surface area contributed by atoms with Crippen molar-refractivity contribution >= 4 is 5.97 Å². The molecule has 0 aliphatic rings. The molecule has 0 fully saturated rings. The van der Waals surface area contributed by atoms with Crippen LogP contribution in [0.3, 0.4) is 0 Å². The largest absolute Gasteiger partial charge is 0.456 e. The predicted octanol–water partition coefficient (Wildman–Crippen LogP) is 7.00. The lowest BCUT2D eigenvalue weighted by Gasteiger charge is -2.36. The number of hydrogen-bond donors (Lipinski definition) is 1. The second kappa shape index (κ2) is 13.0. The van der Waals surface area contributed by atoms with E-state index in [9.17, 15) is 9.90 Å². The molecule has 0 saturated carbocycles. The number of aryl methyl sites for hydroxylation is 4. The zero-order valence-corrected chi connectivity index (χ0v) is 23.5. The van der Waals surface area contributed by atoms with Crippen molar-refractivity contribution in [2.45, 2.75) is 86.2 Å². The van der Waals surface area contributed by atoms with E-state index in [1.165, 1.54) is 33.4 Å². The van der Waals surface area contributed by atoms with Gasteiger partial charge in [-0.1, -0.05) is 79.2 Å². The van der Waals surface area contributed by atoms with E-state index in [-0.39, 0.29) is 12.0 Å². The molecule has 1 unspecified atom stereocenters. The average molecular weight is 502 g/mol. The first-order valence-corrected chi connectivity index (χ1v) is 13.4. The lowest BCUT2D eigenvalue weighted by molar-refractivity contribution is -0.161. The van der Waals surface area contributed by atoms with Crippen LogP contribution in [0, 0.1) is 33.6 Å². The second-order valence-corrected chi connectivity index (χ2v) is 10.5. The molecule has 198 valence electrons. The van der Waals surface area contributed by atoms with Crippen LogP contribution in [-0.4, -0.2) is 28.1 Å². The van der Waals surface area contributed by atoms with Crippen molar-refractivity contribution < 1.29 is 14.6 Å². The third kappa shape index (κ3) is 7.30. The molecule has 0 aliphatic heterocycles. The van der Waals surface area contributed by atoms with E-state index in [0.717, 1.165) is 18.7 Å². The summed E-state index contributed by atoms with van der Waals surface area (Å²) < 4.78 is 6.21. The highest BCUT2D eigenvalue weighted by Gasteiger charge is 2.32. The number of nitrogens with zero attached hydrogens (tertiary/aromatic N) is 1. The molecule has 0 aromatic heterocycles. The van der Waals surface area contributed by atoms with Gasteiger partial charge in [-0.25, -0.2) is 0 Å². The fourth-order valence-electron chi connectivity index (χ4n) is 5.03. The van der Waals surface area contributed by atoms with E-state index < -0.39 is 18.1 Å². The smallest absolute Gasteiger partial charge is 0.311 e. The van der Waals surface area contributed by atoms with Crippen LogP contribution in [0.15, 0.2) is 66.7 Å². The molecule has 3 aromatic rings. The number of carbonyl (C=O) groups excluding carboxylic acids is 1. The number of esters is 1. The number of aliphatic hydroxyl groups is 1. The fraction of sp³-hybridized carbons (Fsp3) is 0.424. The first-order chi connectivity index (χ1) is 17.6. The number of benzene rings is 3. The molecule has 0 spiro atoms. The van der Waals surface area contributed by atoms with Crippen molar-refractivity contribution in [3.05, 3.63) is 106 Å². The van der Waals surface area contributed by atoms with Gasteiger partial charge in [0.05, 0.1) is 12.0 Å². The van der Waals surface area contributed by atoms with Gasteiger partial charge in [0.2, 0.25) is 0 Å². The van der Waals surface area contributed by atoms with Crippen molar-refractivity contribution in [3.8, 4) is 0 Å². The van der Waals surface area contributed by atoms with E-state index in [1.807, 2.05) is 37.3 Å². The monoisotopic (exact) mass is 501 g/mol. The summed E-state index contributed by atoms with van der Waals surface area (Å²) in [6.07, 6.45) is -0.692. The Kier molecular flexibility index (Phi) is 10.1. The van der Waals surface area contributed by atoms with Gasteiger partial charge in [0.15, 0.2) is 0 Å². The van der Waals surface area contributed by atoms with Crippen molar-refractivity contribution in [2.24, 2.45) is 5.92 Å². The molecule has 3 rings (SSSR count). The molecule has 0 bridgehead atoms. The first-order valence-electron chi connectivity index (χ1n) is 13.4. The molecule has 37 heavy (non-hydrogen) atoms. The molecular formula is C33H43NO3. The van der Waals surface area contributed by atoms with E-state index in [4.69, 9.17) is 4.74 Å². The topological polar surface area (TPSA) is 49.8 Å². The summed E-state index contributed by atoms with van der Waals surface area (Å²) in [6, 6.07) is 22.8. The summed E-state index contributed by atoms with van der Waals surface area (Å²) in [5.41, 5.74) is 8.55. The number of hydrogen-bond acceptors (Lipinski definition) is 4. The van der Waals surface area contributed by atoms with E-state index in [0.29, 0.717) is 6.42 Å². The minimum Gasteiger partial charge on any atom is -0.456 e. The SMILES string of the molecule is CC[C@@H](O)C(C)C(=O)O[C@H](c1ccccc1)[C@H](C)N(Cc1ccccc1C)Cc1c(C)cc(C)cc1C. The van der Waals surface area contributed by atoms with E-state index >= 15 is 0 Å². The maximum Gasteiger partial charge on any atom is 0.311 e. The van der Waals surface area contributed by atoms with Gasteiger partial charge >= 0.3 is 5.97 Å². The molecule has 0 amide bonds. The highest BCUT2D eigenvalue weighted by molar-refractivity contribution is 5.73. The molecule has 0 heterocycles. The number of carbonyl (C=O) groups is 1. The van der Waals surface area contributed by atoms with Crippen LogP contribution < -0.4 is 0 Å². The van der Waals surface area contributed by atoms with Crippen LogP contribution in [0.5, 0.6) is 0 Å². The molecule has 0 aliphatic carbocycles. The minimum atomic E-state index is -0.722. The standard InChI is InChI=1S/C33H43NO3/c1-8-31(35)26(6)33(36)37-32(28-15-10-9-11-16-28)27(7)34(20-29-17-13-12-14-23(29)3)21-30-24(4)18-22(2)19-25(30)5/h9-19,26-27,31-32,35H,8,20-21H2,1-7H3/t26?,27-,31+,32-/m0/s1.